The smallest absolute Gasteiger partial charge is 0.118 e. The fourth-order valence-corrected chi connectivity index (χ4v) is 3.51. The van der Waals surface area contributed by atoms with Gasteiger partial charge >= 0.3 is 0 Å². The summed E-state index contributed by atoms with van der Waals surface area (Å²) in [6.07, 6.45) is 4.87. The number of nitrogens with zero attached hydrogens (tertiary/aromatic N) is 3. The van der Waals surface area contributed by atoms with Gasteiger partial charge in [0.2, 0.25) is 0 Å². The zero-order chi connectivity index (χ0) is 16.5. The third-order valence-corrected chi connectivity index (χ3v) is 5.00. The Balaban J connectivity index is 1.46. The second-order valence-corrected chi connectivity index (χ2v) is 7.26. The molecule has 2 aliphatic rings. The molecule has 1 fully saturated rings. The van der Waals surface area contributed by atoms with Crippen molar-refractivity contribution in [2.45, 2.75) is 52.2 Å². The summed E-state index contributed by atoms with van der Waals surface area (Å²) in [6, 6.07) is 4.12. The van der Waals surface area contributed by atoms with Crippen LogP contribution in [0.2, 0.25) is 0 Å². The molecule has 0 bridgehead atoms. The molecule has 1 saturated carbocycles. The second kappa shape index (κ2) is 6.73. The molecule has 2 aromatic rings. The first-order valence-corrected chi connectivity index (χ1v) is 9.13. The number of hydrogen-bond donors (Lipinski definition) is 0. The molecule has 5 heteroatoms. The monoisotopic (exact) mass is 329 g/mol. The van der Waals surface area contributed by atoms with Gasteiger partial charge in [-0.05, 0) is 44.7 Å². The van der Waals surface area contributed by atoms with Crippen molar-refractivity contribution in [3.8, 4) is 0 Å². The number of fused-ring (bicyclic) bond motifs is 1. The second-order valence-electron chi connectivity index (χ2n) is 7.26. The molecule has 2 aromatic heterocycles. The lowest BCUT2D eigenvalue weighted by Gasteiger charge is -2.31. The van der Waals surface area contributed by atoms with E-state index in [-0.39, 0.29) is 0 Å². The van der Waals surface area contributed by atoms with Gasteiger partial charge in [-0.2, -0.15) is 5.10 Å². The minimum atomic E-state index is 0.358. The van der Waals surface area contributed by atoms with E-state index in [9.17, 15) is 0 Å². The van der Waals surface area contributed by atoms with Crippen molar-refractivity contribution in [2.24, 2.45) is 5.92 Å². The third kappa shape index (κ3) is 3.57. The van der Waals surface area contributed by atoms with Crippen LogP contribution in [0, 0.1) is 12.8 Å². The van der Waals surface area contributed by atoms with Gasteiger partial charge in [-0.1, -0.05) is 0 Å². The highest BCUT2D eigenvalue weighted by Crippen LogP contribution is 2.31. The third-order valence-electron chi connectivity index (χ3n) is 5.00. The van der Waals surface area contributed by atoms with Gasteiger partial charge < -0.3 is 9.15 Å². The Hall–Kier alpha value is -1.59. The van der Waals surface area contributed by atoms with Crippen molar-refractivity contribution in [2.75, 3.05) is 19.8 Å². The minimum absolute atomic E-state index is 0.358. The van der Waals surface area contributed by atoms with E-state index in [2.05, 4.69) is 28.8 Å². The largest absolute Gasteiger partial charge is 0.465 e. The molecule has 4 rings (SSSR count). The van der Waals surface area contributed by atoms with Crippen LogP contribution in [0.25, 0.3) is 0 Å². The van der Waals surface area contributed by atoms with E-state index in [1.807, 2.05) is 13.0 Å². The molecule has 1 aliphatic carbocycles. The van der Waals surface area contributed by atoms with Crippen LogP contribution in [0.1, 0.15) is 48.5 Å². The molecule has 0 spiro atoms. The van der Waals surface area contributed by atoms with Crippen LogP contribution in [0.4, 0.5) is 0 Å². The number of rotatable bonds is 7. The van der Waals surface area contributed by atoms with Gasteiger partial charge in [0, 0.05) is 43.9 Å². The maximum absolute atomic E-state index is 6.00. The molecular weight excluding hydrogens is 302 g/mol. The predicted octanol–water partition coefficient (Wildman–Crippen LogP) is 3.33. The lowest BCUT2D eigenvalue weighted by atomic mass is 9.97. The summed E-state index contributed by atoms with van der Waals surface area (Å²) in [5, 5.41) is 4.80. The number of aryl methyl sites for hydroxylation is 2. The maximum Gasteiger partial charge on any atom is 0.118 e. The standard InChI is InChI=1S/C19H27N3O2/c1-3-22-10-16-8-21(11-18-7-4-14(2)24-18)9-17(19(16)20-22)13-23-12-15-5-6-15/h4,7,10,15,17H,3,5-6,8-9,11-13H2,1-2H3. The molecule has 1 unspecified atom stereocenters. The molecule has 5 nitrogen and oxygen atoms in total. The van der Waals surface area contributed by atoms with E-state index in [0.29, 0.717) is 5.92 Å². The van der Waals surface area contributed by atoms with Crippen molar-refractivity contribution in [1.82, 2.24) is 14.7 Å². The van der Waals surface area contributed by atoms with Crippen LogP contribution in [0.3, 0.4) is 0 Å². The fraction of sp³-hybridized carbons (Fsp3) is 0.632. The summed E-state index contributed by atoms with van der Waals surface area (Å²) in [6.45, 7) is 9.52. The summed E-state index contributed by atoms with van der Waals surface area (Å²) in [4.78, 5) is 2.45. The topological polar surface area (TPSA) is 43.4 Å². The van der Waals surface area contributed by atoms with Crippen LogP contribution in [-0.4, -0.2) is 34.4 Å². The van der Waals surface area contributed by atoms with E-state index in [0.717, 1.165) is 56.8 Å². The quantitative estimate of drug-likeness (QED) is 0.781. The van der Waals surface area contributed by atoms with Gasteiger partial charge in [-0.25, -0.2) is 0 Å². The Labute approximate surface area is 143 Å². The normalized spacial score (nSPS) is 21.2. The van der Waals surface area contributed by atoms with E-state index in [1.165, 1.54) is 24.1 Å². The molecule has 0 N–H and O–H groups in total. The van der Waals surface area contributed by atoms with E-state index >= 15 is 0 Å². The summed E-state index contributed by atoms with van der Waals surface area (Å²) in [7, 11) is 0. The first-order valence-electron chi connectivity index (χ1n) is 9.13. The lowest BCUT2D eigenvalue weighted by Crippen LogP contribution is -2.34. The van der Waals surface area contributed by atoms with Gasteiger partial charge in [0.1, 0.15) is 11.5 Å². The van der Waals surface area contributed by atoms with Crippen molar-refractivity contribution in [1.29, 1.82) is 0 Å². The molecule has 0 aromatic carbocycles. The zero-order valence-corrected chi connectivity index (χ0v) is 14.7. The van der Waals surface area contributed by atoms with Gasteiger partial charge in [-0.3, -0.25) is 9.58 Å². The van der Waals surface area contributed by atoms with Crippen LogP contribution in [0.5, 0.6) is 0 Å². The average molecular weight is 329 g/mol. The number of furan rings is 1. The summed E-state index contributed by atoms with van der Waals surface area (Å²) >= 11 is 0. The van der Waals surface area contributed by atoms with Crippen molar-refractivity contribution in [3.05, 3.63) is 41.1 Å². The molecule has 0 amide bonds. The number of hydrogen-bond acceptors (Lipinski definition) is 4. The van der Waals surface area contributed by atoms with Crippen molar-refractivity contribution < 1.29 is 9.15 Å². The van der Waals surface area contributed by atoms with Crippen molar-refractivity contribution in [3.63, 3.8) is 0 Å². The van der Waals surface area contributed by atoms with Gasteiger partial charge in [0.05, 0.1) is 18.8 Å². The van der Waals surface area contributed by atoms with Crippen LogP contribution in [0.15, 0.2) is 22.7 Å². The Morgan fingerprint density at radius 2 is 2.17 bits per heavy atom. The van der Waals surface area contributed by atoms with Gasteiger partial charge in [0.15, 0.2) is 0 Å². The van der Waals surface area contributed by atoms with E-state index in [4.69, 9.17) is 14.3 Å². The van der Waals surface area contributed by atoms with Crippen LogP contribution < -0.4 is 0 Å². The summed E-state index contributed by atoms with van der Waals surface area (Å²) in [5.41, 5.74) is 2.57. The molecule has 0 saturated heterocycles. The molecule has 1 aliphatic heterocycles. The SMILES string of the molecule is CCn1cc2c(n1)C(COCC1CC1)CN(Cc1ccc(C)o1)C2. The van der Waals surface area contributed by atoms with Crippen molar-refractivity contribution >= 4 is 0 Å². The fourth-order valence-electron chi connectivity index (χ4n) is 3.51. The highest BCUT2D eigenvalue weighted by molar-refractivity contribution is 5.25. The van der Waals surface area contributed by atoms with Crippen LogP contribution >= 0.6 is 0 Å². The first-order chi connectivity index (χ1) is 11.7. The molecule has 130 valence electrons. The van der Waals surface area contributed by atoms with Gasteiger partial charge in [0.25, 0.3) is 0 Å². The summed E-state index contributed by atoms with van der Waals surface area (Å²) in [5.74, 6) is 3.18. The average Bonchev–Trinajstić information content (AvgIpc) is 3.15. The molecule has 0 radical (unpaired) electrons. The maximum atomic E-state index is 6.00. The highest BCUT2D eigenvalue weighted by atomic mass is 16.5. The Bertz CT molecular complexity index is 687. The number of aromatic nitrogens is 2. The molecule has 1 atom stereocenters. The van der Waals surface area contributed by atoms with Gasteiger partial charge in [-0.15, -0.1) is 0 Å². The Morgan fingerprint density at radius 3 is 2.88 bits per heavy atom. The first kappa shape index (κ1) is 15.9. The summed E-state index contributed by atoms with van der Waals surface area (Å²) < 4.78 is 13.8. The Morgan fingerprint density at radius 1 is 1.29 bits per heavy atom. The lowest BCUT2D eigenvalue weighted by molar-refractivity contribution is 0.0864. The molecular formula is C19H27N3O2. The highest BCUT2D eigenvalue weighted by Gasteiger charge is 2.30. The number of ether oxygens (including phenoxy) is 1. The van der Waals surface area contributed by atoms with E-state index in [1.54, 1.807) is 0 Å². The van der Waals surface area contributed by atoms with E-state index < -0.39 is 0 Å². The Kier molecular flexibility index (Phi) is 4.46. The minimum Gasteiger partial charge on any atom is -0.465 e. The molecule has 3 heterocycles. The molecule has 24 heavy (non-hydrogen) atoms. The predicted molar refractivity (Wildman–Crippen MR) is 91.7 cm³/mol. The van der Waals surface area contributed by atoms with Crippen LogP contribution in [-0.2, 0) is 24.4 Å². The zero-order valence-electron chi connectivity index (χ0n) is 14.7.